The number of benzene rings is 2. The van der Waals surface area contributed by atoms with Gasteiger partial charge in [0.15, 0.2) is 11.6 Å². The third-order valence-electron chi connectivity index (χ3n) is 2.92. The molecule has 0 saturated carbocycles. The monoisotopic (exact) mass is 270 g/mol. The second-order valence-electron chi connectivity index (χ2n) is 4.24. The summed E-state index contributed by atoms with van der Waals surface area (Å²) in [5.41, 5.74) is 0.509. The van der Waals surface area contributed by atoms with Gasteiger partial charge in [0.25, 0.3) is 0 Å². The van der Waals surface area contributed by atoms with E-state index in [9.17, 15) is 14.7 Å². The largest absolute Gasteiger partial charge is 0.507 e. The number of hydrogen-bond donors (Lipinski definition) is 1. The van der Waals surface area contributed by atoms with Crippen LogP contribution in [0.2, 0.25) is 0 Å². The highest BCUT2D eigenvalue weighted by Crippen LogP contribution is 2.28. The number of aromatic hydroxyl groups is 1. The number of phenolic OH excluding ortho intramolecular Hbond substituents is 1. The predicted molar refractivity (Wildman–Crippen MR) is 74.4 cm³/mol. The molecule has 0 aliphatic heterocycles. The summed E-state index contributed by atoms with van der Waals surface area (Å²) in [4.78, 5) is 24.2. The van der Waals surface area contributed by atoms with Gasteiger partial charge in [-0.2, -0.15) is 0 Å². The molecule has 0 aromatic heterocycles. The van der Waals surface area contributed by atoms with Gasteiger partial charge in [0.2, 0.25) is 0 Å². The third kappa shape index (κ3) is 2.85. The molecule has 4 nitrogen and oxygen atoms in total. The van der Waals surface area contributed by atoms with E-state index in [2.05, 4.69) is 0 Å². The molecule has 1 N–H and O–H groups in total. The maximum Gasteiger partial charge on any atom is 0.178 e. The second-order valence-corrected chi connectivity index (χ2v) is 4.24. The Hall–Kier alpha value is -2.62. The number of hydrogen-bond acceptors (Lipinski definition) is 4. The smallest absolute Gasteiger partial charge is 0.178 e. The minimum atomic E-state index is -0.464. The van der Waals surface area contributed by atoms with Crippen molar-refractivity contribution in [2.75, 3.05) is 7.11 Å². The summed E-state index contributed by atoms with van der Waals surface area (Å²) in [7, 11) is 1.41. The number of ketones is 2. The predicted octanol–water partition coefficient (Wildman–Crippen LogP) is 2.86. The zero-order valence-corrected chi connectivity index (χ0v) is 11.0. The van der Waals surface area contributed by atoms with Crippen molar-refractivity contribution in [3.63, 3.8) is 0 Å². The fraction of sp³-hybridized carbons (Fsp3) is 0.125. The SMILES string of the molecule is COc1cccc(O)c1C(=O)CC(=O)c1ccccc1. The van der Waals surface area contributed by atoms with Crippen LogP contribution < -0.4 is 4.74 Å². The highest BCUT2D eigenvalue weighted by Gasteiger charge is 2.20. The first-order chi connectivity index (χ1) is 9.63. The molecule has 0 amide bonds. The van der Waals surface area contributed by atoms with Gasteiger partial charge < -0.3 is 9.84 Å². The fourth-order valence-corrected chi connectivity index (χ4v) is 1.93. The van der Waals surface area contributed by atoms with Crippen LogP contribution in [0.3, 0.4) is 0 Å². The normalized spacial score (nSPS) is 10.1. The molecular formula is C16H14O4. The molecule has 0 bridgehead atoms. The maximum absolute atomic E-state index is 12.2. The van der Waals surface area contributed by atoms with Crippen LogP contribution in [-0.2, 0) is 0 Å². The van der Waals surface area contributed by atoms with Gasteiger partial charge in [0.05, 0.1) is 13.5 Å². The van der Waals surface area contributed by atoms with Crippen LogP contribution in [0.1, 0.15) is 27.1 Å². The van der Waals surface area contributed by atoms with E-state index in [1.807, 2.05) is 0 Å². The van der Waals surface area contributed by atoms with E-state index >= 15 is 0 Å². The molecule has 0 unspecified atom stereocenters. The zero-order valence-electron chi connectivity index (χ0n) is 11.0. The molecule has 0 aliphatic carbocycles. The van der Waals surface area contributed by atoms with E-state index < -0.39 is 5.78 Å². The highest BCUT2D eigenvalue weighted by atomic mass is 16.5. The van der Waals surface area contributed by atoms with E-state index in [0.29, 0.717) is 5.56 Å². The molecule has 2 rings (SSSR count). The average Bonchev–Trinajstić information content (AvgIpc) is 2.47. The summed E-state index contributed by atoms with van der Waals surface area (Å²) in [6.07, 6.45) is -0.308. The van der Waals surface area contributed by atoms with Crippen LogP contribution in [0.5, 0.6) is 11.5 Å². The van der Waals surface area contributed by atoms with Crippen LogP contribution in [0, 0.1) is 0 Å². The molecule has 2 aromatic carbocycles. The fourth-order valence-electron chi connectivity index (χ4n) is 1.93. The summed E-state index contributed by atoms with van der Waals surface area (Å²) in [5.74, 6) is -0.680. The third-order valence-corrected chi connectivity index (χ3v) is 2.92. The Bertz CT molecular complexity index is 632. The van der Waals surface area contributed by atoms with Crippen molar-refractivity contribution in [2.24, 2.45) is 0 Å². The number of ether oxygens (including phenoxy) is 1. The van der Waals surface area contributed by atoms with Crippen LogP contribution in [0.15, 0.2) is 48.5 Å². The summed E-state index contributed by atoms with van der Waals surface area (Å²) in [6.45, 7) is 0. The molecule has 0 heterocycles. The van der Waals surface area contributed by atoms with Gasteiger partial charge in [-0.05, 0) is 12.1 Å². The Kier molecular flexibility index (Phi) is 4.15. The quantitative estimate of drug-likeness (QED) is 0.670. The molecule has 0 aliphatic rings. The Morgan fingerprint density at radius 3 is 2.35 bits per heavy atom. The van der Waals surface area contributed by atoms with E-state index in [-0.39, 0.29) is 29.3 Å². The number of Topliss-reactive ketones (excluding diaryl/α,β-unsaturated/α-hetero) is 2. The molecule has 0 saturated heterocycles. The first kappa shape index (κ1) is 13.8. The first-order valence-corrected chi connectivity index (χ1v) is 6.11. The lowest BCUT2D eigenvalue weighted by Crippen LogP contribution is -2.10. The van der Waals surface area contributed by atoms with E-state index in [1.54, 1.807) is 42.5 Å². The van der Waals surface area contributed by atoms with Crippen LogP contribution in [-0.4, -0.2) is 23.8 Å². The molecule has 0 radical (unpaired) electrons. The molecular weight excluding hydrogens is 256 g/mol. The number of carbonyl (C=O) groups is 2. The second kappa shape index (κ2) is 6.02. The van der Waals surface area contributed by atoms with Gasteiger partial charge in [-0.3, -0.25) is 9.59 Å². The molecule has 0 spiro atoms. The molecule has 4 heteroatoms. The van der Waals surface area contributed by atoms with Crippen molar-refractivity contribution in [1.29, 1.82) is 0 Å². The average molecular weight is 270 g/mol. The van der Waals surface area contributed by atoms with Gasteiger partial charge in [-0.25, -0.2) is 0 Å². The first-order valence-electron chi connectivity index (χ1n) is 6.11. The van der Waals surface area contributed by atoms with Gasteiger partial charge in [-0.1, -0.05) is 36.4 Å². The minimum Gasteiger partial charge on any atom is -0.507 e. The lowest BCUT2D eigenvalue weighted by atomic mass is 10.0. The lowest BCUT2D eigenvalue weighted by molar-refractivity contribution is 0.0891. The Labute approximate surface area is 116 Å². The van der Waals surface area contributed by atoms with Gasteiger partial charge in [0.1, 0.15) is 17.1 Å². The van der Waals surface area contributed by atoms with Crippen molar-refractivity contribution in [3.05, 3.63) is 59.7 Å². The number of phenols is 1. The maximum atomic E-state index is 12.2. The van der Waals surface area contributed by atoms with E-state index in [0.717, 1.165) is 0 Å². The Morgan fingerprint density at radius 1 is 1.00 bits per heavy atom. The van der Waals surface area contributed by atoms with Crippen molar-refractivity contribution < 1.29 is 19.4 Å². The van der Waals surface area contributed by atoms with Gasteiger partial charge in [0, 0.05) is 5.56 Å². The number of carbonyl (C=O) groups excluding carboxylic acids is 2. The summed E-state index contributed by atoms with van der Waals surface area (Å²) in [6, 6.07) is 13.1. The van der Waals surface area contributed by atoms with E-state index in [4.69, 9.17) is 4.74 Å². The van der Waals surface area contributed by atoms with Crippen molar-refractivity contribution in [1.82, 2.24) is 0 Å². The molecule has 0 atom stereocenters. The summed E-state index contributed by atoms with van der Waals surface area (Å²) in [5, 5.41) is 9.76. The standard InChI is InChI=1S/C16H14O4/c1-20-15-9-5-8-12(17)16(15)14(19)10-13(18)11-6-3-2-4-7-11/h2-9,17H,10H2,1H3. The van der Waals surface area contributed by atoms with Crippen LogP contribution in [0.4, 0.5) is 0 Å². The van der Waals surface area contributed by atoms with Crippen molar-refractivity contribution in [3.8, 4) is 11.5 Å². The number of methoxy groups -OCH3 is 1. The Balaban J connectivity index is 2.23. The summed E-state index contributed by atoms with van der Waals surface area (Å²) < 4.78 is 5.04. The summed E-state index contributed by atoms with van der Waals surface area (Å²) >= 11 is 0. The molecule has 102 valence electrons. The topological polar surface area (TPSA) is 63.6 Å². The molecule has 0 fully saturated rings. The van der Waals surface area contributed by atoms with Crippen molar-refractivity contribution >= 4 is 11.6 Å². The lowest BCUT2D eigenvalue weighted by Gasteiger charge is -2.09. The highest BCUT2D eigenvalue weighted by molar-refractivity contribution is 6.15. The van der Waals surface area contributed by atoms with Crippen LogP contribution in [0.25, 0.3) is 0 Å². The van der Waals surface area contributed by atoms with Gasteiger partial charge in [-0.15, -0.1) is 0 Å². The van der Waals surface area contributed by atoms with Crippen LogP contribution >= 0.6 is 0 Å². The molecule has 20 heavy (non-hydrogen) atoms. The Morgan fingerprint density at radius 2 is 1.70 bits per heavy atom. The number of rotatable bonds is 5. The van der Waals surface area contributed by atoms with E-state index in [1.165, 1.54) is 13.2 Å². The zero-order chi connectivity index (χ0) is 14.5. The van der Waals surface area contributed by atoms with Gasteiger partial charge >= 0.3 is 0 Å². The molecule has 2 aromatic rings. The van der Waals surface area contributed by atoms with Crippen molar-refractivity contribution in [2.45, 2.75) is 6.42 Å². The minimum absolute atomic E-state index is 0.0410.